The molecule has 0 aromatic heterocycles. The number of nitrogens with zero attached hydrogens (tertiary/aromatic N) is 2. The summed E-state index contributed by atoms with van der Waals surface area (Å²) in [6.45, 7) is 5.79. The number of anilines is 1. The van der Waals surface area contributed by atoms with Crippen LogP contribution in [0.2, 0.25) is 0 Å². The van der Waals surface area contributed by atoms with Gasteiger partial charge in [0.05, 0.1) is 18.9 Å². The number of carbonyl (C=O) groups is 1. The summed E-state index contributed by atoms with van der Waals surface area (Å²) in [5, 5.41) is 9.98. The van der Waals surface area contributed by atoms with Crippen molar-refractivity contribution in [2.75, 3.05) is 44.3 Å². The first kappa shape index (κ1) is 19.9. The number of rotatable bonds is 8. The Hall–Kier alpha value is -2.89. The Morgan fingerprint density at radius 1 is 0.964 bits per heavy atom. The normalized spacial score (nSPS) is 14.0. The lowest BCUT2D eigenvalue weighted by Gasteiger charge is -2.36. The first-order valence-corrected chi connectivity index (χ1v) is 9.84. The fourth-order valence-corrected chi connectivity index (χ4v) is 3.34. The topological polar surface area (TPSA) is 62.2 Å². The third-order valence-corrected chi connectivity index (χ3v) is 4.80. The highest BCUT2D eigenvalue weighted by molar-refractivity contribution is 5.76. The predicted octanol–water partition coefficient (Wildman–Crippen LogP) is 3.30. The fraction of sp³-hybridized carbons (Fsp3) is 0.409. The summed E-state index contributed by atoms with van der Waals surface area (Å²) in [5.41, 5.74) is 0.830. The summed E-state index contributed by atoms with van der Waals surface area (Å²) >= 11 is 0. The van der Waals surface area contributed by atoms with E-state index in [4.69, 9.17) is 9.47 Å². The molecule has 2 aromatic rings. The summed E-state index contributed by atoms with van der Waals surface area (Å²) in [6.07, 6.45) is 1.13. The predicted molar refractivity (Wildman–Crippen MR) is 109 cm³/mol. The minimum atomic E-state index is 0.152. The van der Waals surface area contributed by atoms with Gasteiger partial charge in [-0.3, -0.25) is 4.79 Å². The van der Waals surface area contributed by atoms with Gasteiger partial charge in [-0.15, -0.1) is 0 Å². The molecule has 0 bridgehead atoms. The average Bonchev–Trinajstić information content (AvgIpc) is 2.73. The van der Waals surface area contributed by atoms with Crippen LogP contribution in [-0.4, -0.2) is 55.3 Å². The molecule has 6 heteroatoms. The van der Waals surface area contributed by atoms with Gasteiger partial charge >= 0.3 is 0 Å². The van der Waals surface area contributed by atoms with E-state index in [0.29, 0.717) is 44.9 Å². The molecule has 1 heterocycles. The molecule has 28 heavy (non-hydrogen) atoms. The van der Waals surface area contributed by atoms with E-state index in [2.05, 4.69) is 4.90 Å². The van der Waals surface area contributed by atoms with Crippen LogP contribution >= 0.6 is 0 Å². The number of ether oxygens (including phenoxy) is 2. The van der Waals surface area contributed by atoms with Gasteiger partial charge in [-0.2, -0.15) is 0 Å². The van der Waals surface area contributed by atoms with Crippen molar-refractivity contribution in [2.45, 2.75) is 19.8 Å². The molecular weight excluding hydrogens is 356 g/mol. The highest BCUT2D eigenvalue weighted by atomic mass is 16.5. The highest BCUT2D eigenvalue weighted by Crippen LogP contribution is 2.28. The molecule has 0 spiro atoms. The molecule has 1 N–H and O–H groups in total. The van der Waals surface area contributed by atoms with Crippen molar-refractivity contribution in [3.8, 4) is 17.2 Å². The lowest BCUT2D eigenvalue weighted by Crippen LogP contribution is -2.48. The number of hydrogen-bond acceptors (Lipinski definition) is 5. The van der Waals surface area contributed by atoms with Gasteiger partial charge < -0.3 is 24.4 Å². The molecule has 1 saturated heterocycles. The van der Waals surface area contributed by atoms with Crippen LogP contribution in [0.15, 0.2) is 48.5 Å². The molecule has 0 radical (unpaired) electrons. The van der Waals surface area contributed by atoms with E-state index in [-0.39, 0.29) is 11.7 Å². The lowest BCUT2D eigenvalue weighted by atomic mass is 10.2. The Morgan fingerprint density at radius 2 is 1.61 bits per heavy atom. The van der Waals surface area contributed by atoms with Crippen molar-refractivity contribution in [1.29, 1.82) is 0 Å². The largest absolute Gasteiger partial charge is 0.506 e. The monoisotopic (exact) mass is 384 g/mol. The van der Waals surface area contributed by atoms with E-state index < -0.39 is 0 Å². The van der Waals surface area contributed by atoms with Crippen LogP contribution in [0.5, 0.6) is 17.2 Å². The molecule has 0 atom stereocenters. The highest BCUT2D eigenvalue weighted by Gasteiger charge is 2.22. The Kier molecular flexibility index (Phi) is 7.00. The van der Waals surface area contributed by atoms with Gasteiger partial charge in [-0.05, 0) is 37.6 Å². The minimum Gasteiger partial charge on any atom is -0.506 e. The van der Waals surface area contributed by atoms with E-state index in [9.17, 15) is 9.90 Å². The molecule has 2 aromatic carbocycles. The smallest absolute Gasteiger partial charge is 0.222 e. The Bertz CT molecular complexity index is 773. The number of amides is 1. The van der Waals surface area contributed by atoms with Crippen LogP contribution in [0, 0.1) is 0 Å². The van der Waals surface area contributed by atoms with Gasteiger partial charge in [-0.25, -0.2) is 0 Å². The van der Waals surface area contributed by atoms with Crippen LogP contribution in [0.4, 0.5) is 5.69 Å². The number of piperazine rings is 1. The van der Waals surface area contributed by atoms with Crippen molar-refractivity contribution < 1.29 is 19.4 Å². The minimum absolute atomic E-state index is 0.152. The lowest BCUT2D eigenvalue weighted by molar-refractivity contribution is -0.131. The Morgan fingerprint density at radius 3 is 2.29 bits per heavy atom. The molecule has 6 nitrogen and oxygen atoms in total. The summed E-state index contributed by atoms with van der Waals surface area (Å²) < 4.78 is 11.3. The van der Waals surface area contributed by atoms with Crippen molar-refractivity contribution >= 4 is 11.6 Å². The van der Waals surface area contributed by atoms with Gasteiger partial charge in [0.1, 0.15) is 5.75 Å². The standard InChI is InChI=1S/C22H28N2O4/c1-2-27-20-10-5-6-11-21(20)28-17-7-12-22(26)24-15-13-23(14-16-24)18-8-3-4-9-19(18)25/h3-6,8-11,25H,2,7,12-17H2,1H3. The molecule has 3 rings (SSSR count). The third kappa shape index (κ3) is 5.09. The van der Waals surface area contributed by atoms with Crippen molar-refractivity contribution in [1.82, 2.24) is 4.90 Å². The van der Waals surface area contributed by atoms with Crippen molar-refractivity contribution in [3.63, 3.8) is 0 Å². The van der Waals surface area contributed by atoms with Crippen LogP contribution in [0.25, 0.3) is 0 Å². The molecule has 0 unspecified atom stereocenters. The number of phenolic OH excluding ortho intramolecular Hbond substituents is 1. The number of aromatic hydroxyl groups is 1. The van der Waals surface area contributed by atoms with Gasteiger partial charge in [-0.1, -0.05) is 24.3 Å². The van der Waals surface area contributed by atoms with Gasteiger partial charge in [0.2, 0.25) is 5.91 Å². The average molecular weight is 384 g/mol. The second-order valence-corrected chi connectivity index (χ2v) is 6.69. The zero-order valence-electron chi connectivity index (χ0n) is 16.3. The van der Waals surface area contributed by atoms with E-state index in [1.54, 1.807) is 6.07 Å². The second-order valence-electron chi connectivity index (χ2n) is 6.69. The number of phenols is 1. The van der Waals surface area contributed by atoms with Crippen LogP contribution < -0.4 is 14.4 Å². The summed E-state index contributed by atoms with van der Waals surface area (Å²) in [5.74, 6) is 1.88. The maximum Gasteiger partial charge on any atom is 0.222 e. The molecule has 1 aliphatic rings. The first-order chi connectivity index (χ1) is 13.7. The second kappa shape index (κ2) is 9.88. The van der Waals surface area contributed by atoms with E-state index in [0.717, 1.165) is 24.5 Å². The van der Waals surface area contributed by atoms with Crippen LogP contribution in [0.1, 0.15) is 19.8 Å². The van der Waals surface area contributed by atoms with E-state index in [1.807, 2.05) is 54.3 Å². The molecule has 1 amide bonds. The third-order valence-electron chi connectivity index (χ3n) is 4.80. The van der Waals surface area contributed by atoms with Crippen LogP contribution in [-0.2, 0) is 4.79 Å². The summed E-state index contributed by atoms with van der Waals surface area (Å²) in [7, 11) is 0. The fourth-order valence-electron chi connectivity index (χ4n) is 3.34. The molecular formula is C22H28N2O4. The molecule has 0 saturated carbocycles. The number of carbonyl (C=O) groups excluding carboxylic acids is 1. The maximum absolute atomic E-state index is 12.5. The first-order valence-electron chi connectivity index (χ1n) is 9.84. The SMILES string of the molecule is CCOc1ccccc1OCCCC(=O)N1CCN(c2ccccc2O)CC1. The zero-order valence-corrected chi connectivity index (χ0v) is 16.3. The quantitative estimate of drug-likeness (QED) is 0.708. The zero-order chi connectivity index (χ0) is 19.8. The Balaban J connectivity index is 1.40. The molecule has 1 fully saturated rings. The van der Waals surface area contributed by atoms with E-state index >= 15 is 0 Å². The number of benzene rings is 2. The number of hydrogen-bond donors (Lipinski definition) is 1. The van der Waals surface area contributed by atoms with Crippen molar-refractivity contribution in [2.24, 2.45) is 0 Å². The molecule has 150 valence electrons. The van der Waals surface area contributed by atoms with Crippen LogP contribution in [0.3, 0.4) is 0 Å². The number of para-hydroxylation sites is 4. The van der Waals surface area contributed by atoms with Crippen molar-refractivity contribution in [3.05, 3.63) is 48.5 Å². The van der Waals surface area contributed by atoms with Gasteiger partial charge in [0.15, 0.2) is 11.5 Å². The van der Waals surface area contributed by atoms with E-state index in [1.165, 1.54) is 0 Å². The van der Waals surface area contributed by atoms with Gasteiger partial charge in [0.25, 0.3) is 0 Å². The van der Waals surface area contributed by atoms with Gasteiger partial charge in [0, 0.05) is 32.6 Å². The summed E-state index contributed by atoms with van der Waals surface area (Å²) in [4.78, 5) is 16.5. The molecule has 1 aliphatic heterocycles. The summed E-state index contributed by atoms with van der Waals surface area (Å²) in [6, 6.07) is 14.9. The maximum atomic E-state index is 12.5. The Labute approximate surface area is 166 Å². The molecule has 0 aliphatic carbocycles.